The van der Waals surface area contributed by atoms with Crippen molar-refractivity contribution >= 4 is 11.0 Å². The summed E-state index contributed by atoms with van der Waals surface area (Å²) < 4.78 is 20.1. The Morgan fingerprint density at radius 1 is 1.10 bits per heavy atom. The molecule has 0 saturated carbocycles. The van der Waals surface area contributed by atoms with Crippen LogP contribution in [0.3, 0.4) is 0 Å². The Hall–Kier alpha value is -2.13. The largest absolute Gasteiger partial charge is 0.459 e. The van der Waals surface area contributed by atoms with Gasteiger partial charge >= 0.3 is 0 Å². The van der Waals surface area contributed by atoms with Crippen molar-refractivity contribution in [2.45, 2.75) is 19.9 Å². The van der Waals surface area contributed by atoms with Gasteiger partial charge in [0.15, 0.2) is 0 Å². The van der Waals surface area contributed by atoms with Crippen LogP contribution in [-0.4, -0.2) is 7.05 Å². The van der Waals surface area contributed by atoms with Crippen LogP contribution in [-0.2, 0) is 0 Å². The maximum atomic E-state index is 14.1. The summed E-state index contributed by atoms with van der Waals surface area (Å²) in [5.41, 5.74) is 3.58. The molecule has 1 N–H and O–H groups in total. The number of rotatable bonds is 3. The lowest BCUT2D eigenvalue weighted by Gasteiger charge is -2.15. The van der Waals surface area contributed by atoms with E-state index in [2.05, 4.69) is 5.32 Å². The van der Waals surface area contributed by atoms with Crippen molar-refractivity contribution in [3.8, 4) is 0 Å². The van der Waals surface area contributed by atoms with Crippen LogP contribution in [0.15, 0.2) is 46.9 Å². The van der Waals surface area contributed by atoms with Crippen LogP contribution in [0.2, 0.25) is 0 Å². The Balaban J connectivity index is 2.13. The van der Waals surface area contributed by atoms with Crippen LogP contribution in [0, 0.1) is 19.7 Å². The fraction of sp³-hybridized carbons (Fsp3) is 0.222. The second-order valence-corrected chi connectivity index (χ2v) is 5.39. The first kappa shape index (κ1) is 13.8. The lowest BCUT2D eigenvalue weighted by Crippen LogP contribution is -2.18. The zero-order valence-electron chi connectivity index (χ0n) is 12.4. The fourth-order valence-electron chi connectivity index (χ4n) is 2.71. The van der Waals surface area contributed by atoms with Crippen molar-refractivity contribution in [3.63, 3.8) is 0 Å². The Bertz CT molecular complexity index is 791. The Kier molecular flexibility index (Phi) is 3.52. The van der Waals surface area contributed by atoms with Gasteiger partial charge in [-0.15, -0.1) is 0 Å². The maximum Gasteiger partial charge on any atom is 0.137 e. The zero-order valence-corrected chi connectivity index (χ0v) is 12.4. The van der Waals surface area contributed by atoms with E-state index in [1.54, 1.807) is 6.07 Å². The van der Waals surface area contributed by atoms with Crippen LogP contribution in [0.1, 0.15) is 28.5 Å². The third kappa shape index (κ3) is 2.45. The van der Waals surface area contributed by atoms with Crippen molar-refractivity contribution < 1.29 is 8.81 Å². The van der Waals surface area contributed by atoms with Crippen LogP contribution >= 0.6 is 0 Å². The molecule has 0 saturated heterocycles. The summed E-state index contributed by atoms with van der Waals surface area (Å²) in [6.45, 7) is 3.97. The van der Waals surface area contributed by atoms with E-state index in [4.69, 9.17) is 4.42 Å². The molecule has 0 aliphatic heterocycles. The highest BCUT2D eigenvalue weighted by molar-refractivity contribution is 5.81. The Labute approximate surface area is 123 Å². The van der Waals surface area contributed by atoms with E-state index in [0.29, 0.717) is 5.56 Å². The minimum atomic E-state index is -0.295. The van der Waals surface area contributed by atoms with Gasteiger partial charge < -0.3 is 9.73 Å². The van der Waals surface area contributed by atoms with E-state index in [1.807, 2.05) is 51.2 Å². The molecule has 0 amide bonds. The third-order valence-electron chi connectivity index (χ3n) is 3.80. The molecule has 1 unspecified atom stereocenters. The van der Waals surface area contributed by atoms with Gasteiger partial charge in [0.05, 0.1) is 6.04 Å². The minimum Gasteiger partial charge on any atom is -0.459 e. The van der Waals surface area contributed by atoms with Crippen LogP contribution in [0.25, 0.3) is 11.0 Å². The molecule has 0 aliphatic carbocycles. The average Bonchev–Trinajstić information content (AvgIpc) is 2.89. The van der Waals surface area contributed by atoms with Gasteiger partial charge in [-0.2, -0.15) is 0 Å². The highest BCUT2D eigenvalue weighted by atomic mass is 19.1. The molecule has 1 heterocycles. The van der Waals surface area contributed by atoms with Gasteiger partial charge in [0.2, 0.25) is 0 Å². The summed E-state index contributed by atoms with van der Waals surface area (Å²) in [5.74, 6) is 0.503. The van der Waals surface area contributed by atoms with Crippen LogP contribution in [0.5, 0.6) is 0 Å². The number of para-hydroxylation sites is 1. The monoisotopic (exact) mass is 283 g/mol. The number of furan rings is 1. The smallest absolute Gasteiger partial charge is 0.137 e. The molecule has 2 aromatic carbocycles. The van der Waals surface area contributed by atoms with Gasteiger partial charge in [-0.25, -0.2) is 4.39 Å². The Morgan fingerprint density at radius 2 is 1.90 bits per heavy atom. The first-order chi connectivity index (χ1) is 10.1. The molecule has 3 rings (SSSR count). The number of aryl methyl sites for hydroxylation is 2. The van der Waals surface area contributed by atoms with Crippen molar-refractivity contribution in [1.29, 1.82) is 0 Å². The highest BCUT2D eigenvalue weighted by Crippen LogP contribution is 2.31. The summed E-state index contributed by atoms with van der Waals surface area (Å²) >= 11 is 0. The van der Waals surface area contributed by atoms with E-state index >= 15 is 0 Å². The molecule has 1 atom stereocenters. The lowest BCUT2D eigenvalue weighted by molar-refractivity contribution is 0.475. The number of hydrogen-bond donors (Lipinski definition) is 1. The summed E-state index contributed by atoms with van der Waals surface area (Å²) in [6.07, 6.45) is 0. The van der Waals surface area contributed by atoms with E-state index in [0.717, 1.165) is 27.9 Å². The topological polar surface area (TPSA) is 25.2 Å². The molecule has 0 radical (unpaired) electrons. The normalized spacial score (nSPS) is 12.8. The lowest BCUT2D eigenvalue weighted by atomic mass is 10.0. The summed E-state index contributed by atoms with van der Waals surface area (Å²) in [6, 6.07) is 12.8. The van der Waals surface area contributed by atoms with Crippen LogP contribution in [0.4, 0.5) is 4.39 Å². The third-order valence-corrected chi connectivity index (χ3v) is 3.80. The molecule has 3 aromatic rings. The fourth-order valence-corrected chi connectivity index (χ4v) is 2.71. The van der Waals surface area contributed by atoms with Gasteiger partial charge in [-0.05, 0) is 38.6 Å². The molecule has 0 bridgehead atoms. The van der Waals surface area contributed by atoms with Gasteiger partial charge in [-0.3, -0.25) is 0 Å². The van der Waals surface area contributed by atoms with Gasteiger partial charge in [-0.1, -0.05) is 35.9 Å². The molecule has 2 nitrogen and oxygen atoms in total. The second-order valence-electron chi connectivity index (χ2n) is 5.39. The average molecular weight is 283 g/mol. The first-order valence-electron chi connectivity index (χ1n) is 7.02. The zero-order chi connectivity index (χ0) is 15.0. The molecule has 0 fully saturated rings. The van der Waals surface area contributed by atoms with Gasteiger partial charge in [0, 0.05) is 10.9 Å². The molecule has 0 aliphatic rings. The predicted molar refractivity (Wildman–Crippen MR) is 83.0 cm³/mol. The predicted octanol–water partition coefficient (Wildman–Crippen LogP) is 4.50. The van der Waals surface area contributed by atoms with E-state index < -0.39 is 0 Å². The standard InChI is InChI=1S/C18H18FNO/c1-11-7-8-15(19)14(9-11)17(20-3)16-10-13-6-4-5-12(2)18(13)21-16/h4-10,17,20H,1-3H3. The quantitative estimate of drug-likeness (QED) is 0.765. The number of nitrogens with one attached hydrogen (secondary N) is 1. The molecule has 1 aromatic heterocycles. The number of halogens is 1. The summed E-state index contributed by atoms with van der Waals surface area (Å²) in [7, 11) is 1.81. The summed E-state index contributed by atoms with van der Waals surface area (Å²) in [5, 5.41) is 4.19. The van der Waals surface area contributed by atoms with E-state index in [9.17, 15) is 4.39 Å². The minimum absolute atomic E-state index is 0.225. The molecule has 0 spiro atoms. The van der Waals surface area contributed by atoms with Gasteiger partial charge in [0.25, 0.3) is 0 Å². The van der Waals surface area contributed by atoms with Crippen molar-refractivity contribution in [3.05, 3.63) is 70.7 Å². The maximum absolute atomic E-state index is 14.1. The van der Waals surface area contributed by atoms with E-state index in [1.165, 1.54) is 6.07 Å². The number of benzene rings is 2. The summed E-state index contributed by atoms with van der Waals surface area (Å²) in [4.78, 5) is 0. The molecule has 108 valence electrons. The van der Waals surface area contributed by atoms with Crippen molar-refractivity contribution in [2.75, 3.05) is 7.05 Å². The van der Waals surface area contributed by atoms with E-state index in [-0.39, 0.29) is 11.9 Å². The van der Waals surface area contributed by atoms with Crippen molar-refractivity contribution in [1.82, 2.24) is 5.32 Å². The second kappa shape index (κ2) is 5.34. The van der Waals surface area contributed by atoms with Crippen molar-refractivity contribution in [2.24, 2.45) is 0 Å². The first-order valence-corrected chi connectivity index (χ1v) is 7.02. The number of fused-ring (bicyclic) bond motifs is 1. The SMILES string of the molecule is CNC(c1cc2cccc(C)c2o1)c1cc(C)ccc1F. The Morgan fingerprint density at radius 3 is 2.62 bits per heavy atom. The number of hydrogen-bond acceptors (Lipinski definition) is 2. The van der Waals surface area contributed by atoms with Crippen LogP contribution < -0.4 is 5.32 Å². The molecule has 21 heavy (non-hydrogen) atoms. The molecule has 3 heteroatoms. The highest BCUT2D eigenvalue weighted by Gasteiger charge is 2.20. The molecular weight excluding hydrogens is 265 g/mol. The van der Waals surface area contributed by atoms with Gasteiger partial charge in [0.1, 0.15) is 17.2 Å². The molecular formula is C18H18FNO.